The lowest BCUT2D eigenvalue weighted by Gasteiger charge is -2.25. The van der Waals surface area contributed by atoms with Crippen LogP contribution in [-0.4, -0.2) is 27.8 Å². The van der Waals surface area contributed by atoms with Crippen molar-refractivity contribution in [2.24, 2.45) is 0 Å². The van der Waals surface area contributed by atoms with Crippen LogP contribution in [0.4, 0.5) is 0 Å². The van der Waals surface area contributed by atoms with E-state index in [4.69, 9.17) is 16.3 Å². The van der Waals surface area contributed by atoms with Crippen LogP contribution in [-0.2, 0) is 0 Å². The van der Waals surface area contributed by atoms with Crippen LogP contribution in [0.1, 0.15) is 31.0 Å². The summed E-state index contributed by atoms with van der Waals surface area (Å²) in [7, 11) is 2.09. The Morgan fingerprint density at radius 2 is 1.96 bits per heavy atom. The third-order valence-corrected chi connectivity index (χ3v) is 5.46. The molecule has 0 aliphatic heterocycles. The Morgan fingerprint density at radius 1 is 1.23 bits per heavy atom. The molecule has 0 N–H and O–H groups in total. The van der Waals surface area contributed by atoms with Gasteiger partial charge in [-0.25, -0.2) is 0 Å². The maximum atomic E-state index is 6.53. The molecule has 0 radical (unpaired) electrons. The molecule has 0 spiro atoms. The molecule has 3 aromatic rings. The Morgan fingerprint density at radius 3 is 2.65 bits per heavy atom. The Hall–Kier alpha value is -1.95. The van der Waals surface area contributed by atoms with Crippen molar-refractivity contribution in [3.05, 3.63) is 58.6 Å². The highest BCUT2D eigenvalue weighted by molar-refractivity contribution is 7.07. The van der Waals surface area contributed by atoms with Crippen molar-refractivity contribution in [3.63, 3.8) is 0 Å². The number of aryl methyl sites for hydroxylation is 1. The maximum Gasteiger partial charge on any atom is 0.299 e. The fourth-order valence-electron chi connectivity index (χ4n) is 2.68. The van der Waals surface area contributed by atoms with E-state index in [0.717, 1.165) is 23.2 Å². The Labute approximate surface area is 163 Å². The summed E-state index contributed by atoms with van der Waals surface area (Å²) in [6, 6.07) is 14.1. The summed E-state index contributed by atoms with van der Waals surface area (Å²) in [6.45, 7) is 7.27. The first-order valence-electron chi connectivity index (χ1n) is 8.56. The second kappa shape index (κ2) is 8.16. The molecular formula is C20H22ClN3OS. The molecule has 1 unspecified atom stereocenters. The van der Waals surface area contributed by atoms with E-state index in [-0.39, 0.29) is 6.04 Å². The highest BCUT2D eigenvalue weighted by Gasteiger charge is 2.17. The highest BCUT2D eigenvalue weighted by Crippen LogP contribution is 2.35. The third kappa shape index (κ3) is 4.06. The molecule has 4 nitrogen and oxygen atoms in total. The standard InChI is InChI=1S/C20H22ClN3OS/c1-5-24(4)14(3)16-11-13(2)18(12-17(16)21)25-20-22-19(23-26-20)15-9-7-6-8-10-15/h6-12,14H,5H2,1-4H3. The molecule has 0 saturated heterocycles. The molecule has 1 heterocycles. The summed E-state index contributed by atoms with van der Waals surface area (Å²) < 4.78 is 10.3. The SMILES string of the molecule is CCN(C)C(C)c1cc(C)c(Oc2nc(-c3ccccc3)ns2)cc1Cl. The number of aromatic nitrogens is 2. The molecule has 136 valence electrons. The van der Waals surface area contributed by atoms with E-state index in [2.05, 4.69) is 41.2 Å². The summed E-state index contributed by atoms with van der Waals surface area (Å²) in [5.41, 5.74) is 3.10. The smallest absolute Gasteiger partial charge is 0.299 e. The molecule has 26 heavy (non-hydrogen) atoms. The van der Waals surface area contributed by atoms with Crippen molar-refractivity contribution in [2.45, 2.75) is 26.8 Å². The summed E-state index contributed by atoms with van der Waals surface area (Å²) in [6.07, 6.45) is 0. The molecular weight excluding hydrogens is 366 g/mol. The first kappa shape index (κ1) is 18.8. The lowest BCUT2D eigenvalue weighted by atomic mass is 10.0. The molecule has 2 aromatic carbocycles. The van der Waals surface area contributed by atoms with Crippen LogP contribution >= 0.6 is 23.1 Å². The second-order valence-corrected chi connectivity index (χ2v) is 7.36. The Bertz CT molecular complexity index is 882. The van der Waals surface area contributed by atoms with Crippen molar-refractivity contribution < 1.29 is 4.74 Å². The Balaban J connectivity index is 1.83. The number of hydrogen-bond acceptors (Lipinski definition) is 5. The van der Waals surface area contributed by atoms with Crippen molar-refractivity contribution in [1.82, 2.24) is 14.3 Å². The number of rotatable bonds is 6. The van der Waals surface area contributed by atoms with Gasteiger partial charge in [-0.2, -0.15) is 9.36 Å². The average molecular weight is 388 g/mol. The normalized spacial score (nSPS) is 12.4. The molecule has 0 aliphatic rings. The third-order valence-electron chi connectivity index (χ3n) is 4.54. The minimum Gasteiger partial charge on any atom is -0.430 e. The van der Waals surface area contributed by atoms with Crippen LogP contribution in [0.3, 0.4) is 0 Å². The molecule has 0 aliphatic carbocycles. The van der Waals surface area contributed by atoms with Gasteiger partial charge in [-0.15, -0.1) is 0 Å². The largest absolute Gasteiger partial charge is 0.430 e. The average Bonchev–Trinajstić information content (AvgIpc) is 3.12. The first-order valence-corrected chi connectivity index (χ1v) is 9.72. The van der Waals surface area contributed by atoms with Gasteiger partial charge in [-0.1, -0.05) is 48.9 Å². The second-order valence-electron chi connectivity index (χ2n) is 6.24. The molecule has 0 fully saturated rings. The van der Waals surface area contributed by atoms with Crippen molar-refractivity contribution in [1.29, 1.82) is 0 Å². The molecule has 3 rings (SSSR count). The molecule has 1 aromatic heterocycles. The summed E-state index contributed by atoms with van der Waals surface area (Å²) in [5, 5.41) is 1.21. The molecule has 0 bridgehead atoms. The fraction of sp³-hybridized carbons (Fsp3) is 0.300. The number of ether oxygens (including phenoxy) is 1. The van der Waals surface area contributed by atoms with Gasteiger partial charge in [-0.05, 0) is 44.6 Å². The van der Waals surface area contributed by atoms with Crippen LogP contribution in [0.5, 0.6) is 10.9 Å². The van der Waals surface area contributed by atoms with Crippen LogP contribution in [0.15, 0.2) is 42.5 Å². The lowest BCUT2D eigenvalue weighted by molar-refractivity contribution is 0.275. The quantitative estimate of drug-likeness (QED) is 0.522. The van der Waals surface area contributed by atoms with Crippen LogP contribution in [0.25, 0.3) is 11.4 Å². The molecule has 1 atom stereocenters. The molecule has 0 amide bonds. The number of benzene rings is 2. The van der Waals surface area contributed by atoms with Crippen LogP contribution in [0, 0.1) is 6.92 Å². The van der Waals surface area contributed by atoms with E-state index >= 15 is 0 Å². The minimum atomic E-state index is 0.242. The van der Waals surface area contributed by atoms with Gasteiger partial charge in [0.15, 0.2) is 5.82 Å². The van der Waals surface area contributed by atoms with Crippen LogP contribution < -0.4 is 4.74 Å². The Kier molecular flexibility index (Phi) is 5.91. The van der Waals surface area contributed by atoms with E-state index in [1.165, 1.54) is 11.5 Å². The van der Waals surface area contributed by atoms with Gasteiger partial charge in [0.1, 0.15) is 5.75 Å². The molecule has 6 heteroatoms. The van der Waals surface area contributed by atoms with Crippen molar-refractivity contribution in [2.75, 3.05) is 13.6 Å². The van der Waals surface area contributed by atoms with E-state index in [1.807, 2.05) is 43.3 Å². The maximum absolute atomic E-state index is 6.53. The predicted molar refractivity (Wildman–Crippen MR) is 108 cm³/mol. The van der Waals surface area contributed by atoms with Crippen molar-refractivity contribution >= 4 is 23.1 Å². The summed E-state index contributed by atoms with van der Waals surface area (Å²) in [5.74, 6) is 1.38. The van der Waals surface area contributed by atoms with E-state index in [9.17, 15) is 0 Å². The first-order chi connectivity index (χ1) is 12.5. The zero-order valence-electron chi connectivity index (χ0n) is 15.4. The topological polar surface area (TPSA) is 38.2 Å². The zero-order valence-corrected chi connectivity index (χ0v) is 16.9. The van der Waals surface area contributed by atoms with Gasteiger partial charge in [0.25, 0.3) is 5.19 Å². The van der Waals surface area contributed by atoms with Gasteiger partial charge < -0.3 is 4.74 Å². The van der Waals surface area contributed by atoms with Gasteiger partial charge in [-0.3, -0.25) is 4.90 Å². The number of hydrogen-bond donors (Lipinski definition) is 0. The zero-order chi connectivity index (χ0) is 18.7. The van der Waals surface area contributed by atoms with Crippen molar-refractivity contribution in [3.8, 4) is 22.3 Å². The number of halogens is 1. The van der Waals surface area contributed by atoms with E-state index in [1.54, 1.807) is 0 Å². The van der Waals surface area contributed by atoms with Gasteiger partial charge in [0.05, 0.1) is 0 Å². The number of nitrogens with zero attached hydrogens (tertiary/aromatic N) is 3. The van der Waals surface area contributed by atoms with E-state index < -0.39 is 0 Å². The summed E-state index contributed by atoms with van der Waals surface area (Å²) >= 11 is 7.76. The summed E-state index contributed by atoms with van der Waals surface area (Å²) in [4.78, 5) is 6.73. The fourth-order valence-corrected chi connectivity index (χ4v) is 3.55. The predicted octanol–water partition coefficient (Wildman–Crippen LogP) is 5.97. The lowest BCUT2D eigenvalue weighted by Crippen LogP contribution is -2.22. The van der Waals surface area contributed by atoms with Crippen LogP contribution in [0.2, 0.25) is 5.02 Å². The monoisotopic (exact) mass is 387 g/mol. The highest BCUT2D eigenvalue weighted by atomic mass is 35.5. The van der Waals surface area contributed by atoms with Gasteiger partial charge in [0, 0.05) is 34.2 Å². The minimum absolute atomic E-state index is 0.242. The van der Waals surface area contributed by atoms with Gasteiger partial charge >= 0.3 is 0 Å². The molecule has 0 saturated carbocycles. The van der Waals surface area contributed by atoms with E-state index in [0.29, 0.717) is 21.8 Å². The van der Waals surface area contributed by atoms with Gasteiger partial charge in [0.2, 0.25) is 0 Å².